The lowest BCUT2D eigenvalue weighted by Crippen LogP contribution is -2.57. The molecule has 0 aromatic heterocycles. The highest BCUT2D eigenvalue weighted by molar-refractivity contribution is 6.03. The zero-order valence-corrected chi connectivity index (χ0v) is 14.1. The minimum absolute atomic E-state index is 0.113. The maximum absolute atomic E-state index is 12.7. The van der Waals surface area contributed by atoms with E-state index >= 15 is 0 Å². The molecule has 1 unspecified atom stereocenters. The number of hydroxylamine groups is 2. The van der Waals surface area contributed by atoms with Crippen LogP contribution >= 0.6 is 0 Å². The number of carbonyl (C=O) groups is 2. The number of rotatable bonds is 5. The molecule has 0 bridgehead atoms. The molecule has 1 aliphatic rings. The van der Waals surface area contributed by atoms with E-state index in [1.165, 1.54) is 9.96 Å². The molecule has 0 saturated carbocycles. The monoisotopic (exact) mass is 336 g/mol. The van der Waals surface area contributed by atoms with Crippen LogP contribution < -0.4 is 0 Å². The van der Waals surface area contributed by atoms with Crippen molar-refractivity contribution in [3.8, 4) is 0 Å². The fourth-order valence-corrected chi connectivity index (χ4v) is 2.74. The lowest BCUT2D eigenvalue weighted by Gasteiger charge is -2.38. The van der Waals surface area contributed by atoms with Gasteiger partial charge in [0.1, 0.15) is 18.3 Å². The van der Waals surface area contributed by atoms with E-state index in [-0.39, 0.29) is 24.1 Å². The molecule has 2 amide bonds. The lowest BCUT2D eigenvalue weighted by atomic mass is 10.0. The molecule has 1 heterocycles. The van der Waals surface area contributed by atoms with Gasteiger partial charge < -0.3 is 4.90 Å². The molecule has 0 radical (unpaired) electrons. The Morgan fingerprint density at radius 2 is 1.52 bits per heavy atom. The van der Waals surface area contributed by atoms with E-state index in [2.05, 4.69) is 6.58 Å². The Bertz CT molecular complexity index is 774. The summed E-state index contributed by atoms with van der Waals surface area (Å²) in [5.41, 5.74) is 2.00. The zero-order valence-electron chi connectivity index (χ0n) is 14.1. The van der Waals surface area contributed by atoms with Crippen LogP contribution in [0.5, 0.6) is 0 Å². The Kier molecular flexibility index (Phi) is 4.95. The number of likely N-dealkylation sites (N-methyl/N-ethyl adjacent to an activating group) is 1. The molecule has 0 N–H and O–H groups in total. The van der Waals surface area contributed by atoms with E-state index in [1.807, 2.05) is 60.7 Å². The predicted molar refractivity (Wildman–Crippen MR) is 93.9 cm³/mol. The van der Waals surface area contributed by atoms with E-state index in [0.29, 0.717) is 6.42 Å². The Balaban J connectivity index is 1.82. The summed E-state index contributed by atoms with van der Waals surface area (Å²) in [4.78, 5) is 32.3. The van der Waals surface area contributed by atoms with Gasteiger partial charge in [-0.1, -0.05) is 67.2 Å². The largest absolute Gasteiger partial charge is 0.309 e. The lowest BCUT2D eigenvalue weighted by molar-refractivity contribution is -0.212. The van der Waals surface area contributed by atoms with Crippen LogP contribution in [0, 0.1) is 0 Å². The van der Waals surface area contributed by atoms with Crippen LogP contribution in [0.4, 0.5) is 0 Å². The highest BCUT2D eigenvalue weighted by atomic mass is 16.7. The predicted octanol–water partition coefficient (Wildman–Crippen LogP) is 2.54. The van der Waals surface area contributed by atoms with Gasteiger partial charge in [0.15, 0.2) is 0 Å². The Labute approximate surface area is 147 Å². The van der Waals surface area contributed by atoms with Crippen LogP contribution in [0.2, 0.25) is 0 Å². The van der Waals surface area contributed by atoms with E-state index < -0.39 is 6.04 Å². The fraction of sp³-hybridized carbons (Fsp3) is 0.200. The summed E-state index contributed by atoms with van der Waals surface area (Å²) in [6.45, 7) is 3.92. The number of amides is 2. The summed E-state index contributed by atoms with van der Waals surface area (Å²) in [6.07, 6.45) is 0.387. The molecule has 0 spiro atoms. The number of piperazine rings is 1. The van der Waals surface area contributed by atoms with Crippen molar-refractivity contribution in [3.05, 3.63) is 84.1 Å². The third kappa shape index (κ3) is 3.61. The van der Waals surface area contributed by atoms with Crippen LogP contribution in [-0.2, 0) is 27.5 Å². The summed E-state index contributed by atoms with van der Waals surface area (Å²) >= 11 is 0. The molecule has 25 heavy (non-hydrogen) atoms. The molecule has 3 rings (SSSR count). The molecule has 5 heteroatoms. The number of benzene rings is 2. The third-order valence-electron chi connectivity index (χ3n) is 4.24. The van der Waals surface area contributed by atoms with Gasteiger partial charge in [0.25, 0.3) is 11.8 Å². The van der Waals surface area contributed by atoms with Crippen molar-refractivity contribution in [1.29, 1.82) is 0 Å². The quantitative estimate of drug-likeness (QED) is 0.789. The van der Waals surface area contributed by atoms with Gasteiger partial charge in [-0.3, -0.25) is 14.4 Å². The van der Waals surface area contributed by atoms with Crippen molar-refractivity contribution in [3.63, 3.8) is 0 Å². The van der Waals surface area contributed by atoms with Crippen molar-refractivity contribution in [2.24, 2.45) is 0 Å². The first-order chi connectivity index (χ1) is 12.1. The molecule has 1 aliphatic heterocycles. The van der Waals surface area contributed by atoms with E-state index in [9.17, 15) is 9.59 Å². The third-order valence-corrected chi connectivity index (χ3v) is 4.24. The SMILES string of the molecule is C=C1C(=O)N(OCc2ccccc2)C(Cc2ccccc2)C(=O)N1C. The van der Waals surface area contributed by atoms with Crippen LogP contribution in [0.15, 0.2) is 72.9 Å². The van der Waals surface area contributed by atoms with Gasteiger partial charge >= 0.3 is 0 Å². The Morgan fingerprint density at radius 3 is 2.12 bits per heavy atom. The summed E-state index contributed by atoms with van der Waals surface area (Å²) in [7, 11) is 1.56. The molecular weight excluding hydrogens is 316 g/mol. The molecular formula is C20H20N2O3. The van der Waals surface area contributed by atoms with Gasteiger partial charge in [-0.25, -0.2) is 5.06 Å². The first kappa shape index (κ1) is 16.9. The maximum atomic E-state index is 12.7. The summed E-state index contributed by atoms with van der Waals surface area (Å²) < 4.78 is 0. The van der Waals surface area contributed by atoms with Crippen molar-refractivity contribution < 1.29 is 14.4 Å². The fourth-order valence-electron chi connectivity index (χ4n) is 2.74. The highest BCUT2D eigenvalue weighted by Crippen LogP contribution is 2.23. The smallest absolute Gasteiger partial charge is 0.294 e. The molecule has 0 aliphatic carbocycles. The second-order valence-corrected chi connectivity index (χ2v) is 5.94. The molecule has 5 nitrogen and oxygen atoms in total. The van der Waals surface area contributed by atoms with E-state index in [4.69, 9.17) is 4.84 Å². The first-order valence-corrected chi connectivity index (χ1v) is 8.08. The standard InChI is InChI=1S/C20H20N2O3/c1-15-19(23)22(25-14-17-11-7-4-8-12-17)18(20(24)21(15)2)13-16-9-5-3-6-10-16/h3-12,18H,1,13-14H2,2H3. The minimum atomic E-state index is -0.714. The van der Waals surface area contributed by atoms with Gasteiger partial charge in [0.2, 0.25) is 0 Å². The Morgan fingerprint density at radius 1 is 0.960 bits per heavy atom. The average Bonchev–Trinajstić information content (AvgIpc) is 2.66. The van der Waals surface area contributed by atoms with Crippen molar-refractivity contribution in [2.75, 3.05) is 7.05 Å². The summed E-state index contributed by atoms with van der Waals surface area (Å²) in [6, 6.07) is 18.4. The van der Waals surface area contributed by atoms with Gasteiger partial charge in [-0.05, 0) is 11.1 Å². The van der Waals surface area contributed by atoms with Crippen LogP contribution in [0.25, 0.3) is 0 Å². The van der Waals surface area contributed by atoms with Crippen LogP contribution in [-0.4, -0.2) is 34.9 Å². The summed E-state index contributed by atoms with van der Waals surface area (Å²) in [5.74, 6) is -0.597. The van der Waals surface area contributed by atoms with E-state index in [1.54, 1.807) is 7.05 Å². The minimum Gasteiger partial charge on any atom is -0.309 e. The molecule has 2 aromatic carbocycles. The van der Waals surface area contributed by atoms with Gasteiger partial charge in [-0.2, -0.15) is 0 Å². The zero-order chi connectivity index (χ0) is 17.8. The number of carbonyl (C=O) groups excluding carboxylic acids is 2. The molecule has 2 aromatic rings. The number of nitrogens with zero attached hydrogens (tertiary/aromatic N) is 2. The van der Waals surface area contributed by atoms with Gasteiger partial charge in [0, 0.05) is 13.5 Å². The normalized spacial score (nSPS) is 18.0. The van der Waals surface area contributed by atoms with Crippen molar-refractivity contribution in [1.82, 2.24) is 9.96 Å². The molecule has 1 fully saturated rings. The van der Waals surface area contributed by atoms with Crippen LogP contribution in [0.1, 0.15) is 11.1 Å². The average molecular weight is 336 g/mol. The number of hydrogen-bond acceptors (Lipinski definition) is 3. The van der Waals surface area contributed by atoms with Crippen LogP contribution in [0.3, 0.4) is 0 Å². The van der Waals surface area contributed by atoms with Crippen molar-refractivity contribution in [2.45, 2.75) is 19.1 Å². The van der Waals surface area contributed by atoms with Gasteiger partial charge in [0.05, 0.1) is 0 Å². The molecule has 128 valence electrons. The second-order valence-electron chi connectivity index (χ2n) is 5.94. The summed E-state index contributed by atoms with van der Waals surface area (Å²) in [5, 5.41) is 1.17. The van der Waals surface area contributed by atoms with E-state index in [0.717, 1.165) is 11.1 Å². The number of hydrogen-bond donors (Lipinski definition) is 0. The molecule has 1 saturated heterocycles. The van der Waals surface area contributed by atoms with Crippen molar-refractivity contribution >= 4 is 11.8 Å². The Hall–Kier alpha value is -2.92. The topological polar surface area (TPSA) is 49.9 Å². The molecule has 1 atom stereocenters. The highest BCUT2D eigenvalue weighted by Gasteiger charge is 2.41. The van der Waals surface area contributed by atoms with Gasteiger partial charge in [-0.15, -0.1) is 0 Å². The maximum Gasteiger partial charge on any atom is 0.294 e. The second kappa shape index (κ2) is 7.32. The first-order valence-electron chi connectivity index (χ1n) is 8.08.